The van der Waals surface area contributed by atoms with Gasteiger partial charge in [-0.05, 0) is 36.8 Å². The second kappa shape index (κ2) is 7.38. The van der Waals surface area contributed by atoms with Crippen LogP contribution in [-0.4, -0.2) is 6.36 Å². The van der Waals surface area contributed by atoms with E-state index < -0.39 is 6.36 Å². The standard InChI is InChI=1S/C14H15BrF3NO/c1-3-4-12(9-10(2)15)19-11-5-7-13(8-6-11)20-14(16,17)18/h5-9,19H,2-4H2,1H3/b12-9-. The predicted octanol–water partition coefficient (Wildman–Crippen LogP) is 5.59. The van der Waals surface area contributed by atoms with Crippen LogP contribution in [0.25, 0.3) is 0 Å². The molecule has 1 rings (SSSR count). The molecule has 2 nitrogen and oxygen atoms in total. The van der Waals surface area contributed by atoms with Crippen LogP contribution in [0.5, 0.6) is 5.75 Å². The van der Waals surface area contributed by atoms with E-state index in [1.807, 2.05) is 13.0 Å². The molecule has 0 amide bonds. The van der Waals surface area contributed by atoms with Gasteiger partial charge < -0.3 is 10.1 Å². The van der Waals surface area contributed by atoms with Crippen LogP contribution in [0.1, 0.15) is 19.8 Å². The highest BCUT2D eigenvalue weighted by atomic mass is 79.9. The lowest BCUT2D eigenvalue weighted by molar-refractivity contribution is -0.274. The van der Waals surface area contributed by atoms with Gasteiger partial charge in [-0.3, -0.25) is 0 Å². The molecule has 1 aromatic rings. The van der Waals surface area contributed by atoms with Gasteiger partial charge in [0.15, 0.2) is 0 Å². The van der Waals surface area contributed by atoms with Crippen LogP contribution in [0.15, 0.2) is 47.1 Å². The minimum absolute atomic E-state index is 0.242. The fourth-order valence-corrected chi connectivity index (χ4v) is 1.83. The van der Waals surface area contributed by atoms with E-state index in [2.05, 4.69) is 32.6 Å². The maximum atomic E-state index is 12.0. The first-order valence-corrected chi connectivity index (χ1v) is 6.77. The van der Waals surface area contributed by atoms with Crippen molar-refractivity contribution in [3.05, 3.63) is 47.1 Å². The Labute approximate surface area is 124 Å². The SMILES string of the molecule is C=C(Br)/C=C(/CCC)Nc1ccc(OC(F)(F)F)cc1. The van der Waals surface area contributed by atoms with Crippen molar-refractivity contribution >= 4 is 21.6 Å². The van der Waals surface area contributed by atoms with Crippen LogP contribution in [-0.2, 0) is 0 Å². The largest absolute Gasteiger partial charge is 0.573 e. The number of alkyl halides is 3. The third-order valence-corrected chi connectivity index (χ3v) is 2.47. The molecule has 110 valence electrons. The smallest absolute Gasteiger partial charge is 0.406 e. The quantitative estimate of drug-likeness (QED) is 0.676. The van der Waals surface area contributed by atoms with E-state index in [4.69, 9.17) is 0 Å². The van der Waals surface area contributed by atoms with E-state index in [0.29, 0.717) is 5.69 Å². The van der Waals surface area contributed by atoms with Crippen LogP contribution in [0, 0.1) is 0 Å². The molecule has 0 spiro atoms. The van der Waals surface area contributed by atoms with Gasteiger partial charge in [0.05, 0.1) is 0 Å². The summed E-state index contributed by atoms with van der Waals surface area (Å²) in [5.74, 6) is -0.242. The van der Waals surface area contributed by atoms with Crippen molar-refractivity contribution in [3.63, 3.8) is 0 Å². The lowest BCUT2D eigenvalue weighted by Crippen LogP contribution is -2.17. The molecule has 0 radical (unpaired) electrons. The number of benzene rings is 1. The third kappa shape index (κ3) is 6.65. The zero-order valence-corrected chi connectivity index (χ0v) is 12.5. The summed E-state index contributed by atoms with van der Waals surface area (Å²) in [6.45, 7) is 5.76. The van der Waals surface area contributed by atoms with Crippen molar-refractivity contribution in [3.8, 4) is 5.75 Å². The topological polar surface area (TPSA) is 21.3 Å². The number of allylic oxidation sites excluding steroid dienone is 3. The van der Waals surface area contributed by atoms with E-state index in [1.165, 1.54) is 24.3 Å². The highest BCUT2D eigenvalue weighted by Crippen LogP contribution is 2.25. The summed E-state index contributed by atoms with van der Waals surface area (Å²) in [7, 11) is 0. The summed E-state index contributed by atoms with van der Waals surface area (Å²) in [6.07, 6.45) is -1.08. The van der Waals surface area contributed by atoms with Gasteiger partial charge in [-0.1, -0.05) is 35.9 Å². The molecular weight excluding hydrogens is 335 g/mol. The summed E-state index contributed by atoms with van der Waals surface area (Å²) in [6, 6.07) is 5.59. The number of halogens is 4. The average Bonchev–Trinajstić information content (AvgIpc) is 2.29. The zero-order chi connectivity index (χ0) is 15.2. The highest BCUT2D eigenvalue weighted by molar-refractivity contribution is 9.11. The van der Waals surface area contributed by atoms with Crippen molar-refractivity contribution in [1.82, 2.24) is 0 Å². The number of hydrogen-bond donors (Lipinski definition) is 1. The molecule has 6 heteroatoms. The molecule has 0 saturated carbocycles. The van der Waals surface area contributed by atoms with Gasteiger partial charge in [0.25, 0.3) is 0 Å². The molecule has 0 aliphatic carbocycles. The van der Waals surface area contributed by atoms with Crippen molar-refractivity contribution in [1.29, 1.82) is 0 Å². The average molecular weight is 350 g/mol. The summed E-state index contributed by atoms with van der Waals surface area (Å²) in [5.41, 5.74) is 1.62. The number of rotatable bonds is 6. The van der Waals surface area contributed by atoms with Gasteiger partial charge in [0.2, 0.25) is 0 Å². The first kappa shape index (κ1) is 16.6. The van der Waals surface area contributed by atoms with Crippen LogP contribution < -0.4 is 10.1 Å². The molecule has 0 aromatic heterocycles. The lowest BCUT2D eigenvalue weighted by Gasteiger charge is -2.12. The molecule has 0 unspecified atom stereocenters. The van der Waals surface area contributed by atoms with Crippen molar-refractivity contribution in [2.24, 2.45) is 0 Å². The summed E-state index contributed by atoms with van der Waals surface area (Å²) in [5, 5.41) is 3.13. The van der Waals surface area contributed by atoms with E-state index in [0.717, 1.165) is 23.0 Å². The Morgan fingerprint density at radius 2 is 1.95 bits per heavy atom. The minimum atomic E-state index is -4.67. The van der Waals surface area contributed by atoms with Gasteiger partial charge in [-0.15, -0.1) is 13.2 Å². The second-order valence-corrected chi connectivity index (χ2v) is 5.08. The van der Waals surface area contributed by atoms with Gasteiger partial charge in [-0.2, -0.15) is 0 Å². The third-order valence-electron chi connectivity index (χ3n) is 2.24. The molecule has 0 fully saturated rings. The Morgan fingerprint density at radius 3 is 2.40 bits per heavy atom. The monoisotopic (exact) mass is 349 g/mol. The predicted molar refractivity (Wildman–Crippen MR) is 77.8 cm³/mol. The molecule has 0 aliphatic heterocycles. The lowest BCUT2D eigenvalue weighted by atomic mass is 10.2. The first-order valence-electron chi connectivity index (χ1n) is 5.98. The first-order chi connectivity index (χ1) is 9.30. The molecule has 1 aromatic carbocycles. The van der Waals surface area contributed by atoms with Crippen molar-refractivity contribution in [2.45, 2.75) is 26.1 Å². The number of anilines is 1. The number of ether oxygens (including phenoxy) is 1. The van der Waals surface area contributed by atoms with E-state index >= 15 is 0 Å². The molecule has 0 aliphatic rings. The molecular formula is C14H15BrF3NO. The van der Waals surface area contributed by atoms with E-state index in [1.54, 1.807) is 0 Å². The Balaban J connectivity index is 2.75. The second-order valence-electron chi connectivity index (χ2n) is 4.06. The normalized spacial score (nSPS) is 12.2. The number of nitrogens with one attached hydrogen (secondary N) is 1. The van der Waals surface area contributed by atoms with E-state index in [9.17, 15) is 13.2 Å². The highest BCUT2D eigenvalue weighted by Gasteiger charge is 2.30. The van der Waals surface area contributed by atoms with Gasteiger partial charge in [0.1, 0.15) is 5.75 Å². The van der Waals surface area contributed by atoms with Crippen LogP contribution in [0.2, 0.25) is 0 Å². The van der Waals surface area contributed by atoms with Crippen LogP contribution in [0.3, 0.4) is 0 Å². The van der Waals surface area contributed by atoms with Gasteiger partial charge in [-0.25, -0.2) is 0 Å². The van der Waals surface area contributed by atoms with Crippen LogP contribution in [0.4, 0.5) is 18.9 Å². The summed E-state index contributed by atoms with van der Waals surface area (Å²) in [4.78, 5) is 0. The number of hydrogen-bond acceptors (Lipinski definition) is 2. The Morgan fingerprint density at radius 1 is 1.35 bits per heavy atom. The Hall–Kier alpha value is -1.43. The van der Waals surface area contributed by atoms with Crippen molar-refractivity contribution < 1.29 is 17.9 Å². The molecule has 20 heavy (non-hydrogen) atoms. The van der Waals surface area contributed by atoms with Gasteiger partial charge in [0, 0.05) is 15.9 Å². The maximum Gasteiger partial charge on any atom is 0.573 e. The molecule has 0 atom stereocenters. The Kier molecular flexibility index (Phi) is 6.13. The fourth-order valence-electron chi connectivity index (χ4n) is 1.55. The van der Waals surface area contributed by atoms with Crippen molar-refractivity contribution in [2.75, 3.05) is 5.32 Å². The zero-order valence-electron chi connectivity index (χ0n) is 10.9. The fraction of sp³-hybridized carbons (Fsp3) is 0.286. The summed E-state index contributed by atoms with van der Waals surface area (Å²) < 4.78 is 40.6. The molecule has 0 bridgehead atoms. The molecule has 0 heterocycles. The summed E-state index contributed by atoms with van der Waals surface area (Å²) >= 11 is 3.25. The van der Waals surface area contributed by atoms with Crippen LogP contribution >= 0.6 is 15.9 Å². The van der Waals surface area contributed by atoms with Gasteiger partial charge >= 0.3 is 6.36 Å². The maximum absolute atomic E-state index is 12.0. The minimum Gasteiger partial charge on any atom is -0.406 e. The molecule has 0 saturated heterocycles. The Bertz CT molecular complexity index is 480. The van der Waals surface area contributed by atoms with E-state index in [-0.39, 0.29) is 5.75 Å². The molecule has 1 N–H and O–H groups in total.